The summed E-state index contributed by atoms with van der Waals surface area (Å²) in [6.45, 7) is 8.45. The highest BCUT2D eigenvalue weighted by Gasteiger charge is 2.28. The summed E-state index contributed by atoms with van der Waals surface area (Å²) in [5, 5.41) is 3.63. The van der Waals surface area contributed by atoms with Gasteiger partial charge in [0.05, 0.1) is 26.9 Å². The number of anilines is 2. The molecular weight excluding hydrogens is 616 g/mol. The fourth-order valence-corrected chi connectivity index (χ4v) is 6.06. The molecule has 0 aliphatic carbocycles. The van der Waals surface area contributed by atoms with Gasteiger partial charge in [-0.1, -0.05) is 29.8 Å². The van der Waals surface area contributed by atoms with E-state index in [1.54, 1.807) is 59.8 Å². The van der Waals surface area contributed by atoms with Crippen molar-refractivity contribution in [3.63, 3.8) is 0 Å². The molecule has 1 aliphatic rings. The number of para-hydroxylation sites is 1. The van der Waals surface area contributed by atoms with Gasteiger partial charge in [0.15, 0.2) is 0 Å². The summed E-state index contributed by atoms with van der Waals surface area (Å²) in [7, 11) is -3.96. The van der Waals surface area contributed by atoms with E-state index in [-0.39, 0.29) is 33.6 Å². The monoisotopic (exact) mass is 650 g/mol. The second-order valence-corrected chi connectivity index (χ2v) is 13.7. The Morgan fingerprint density at radius 3 is 2.62 bits per heavy atom. The van der Waals surface area contributed by atoms with E-state index >= 15 is 0 Å². The molecule has 2 aromatic heterocycles. The quantitative estimate of drug-likeness (QED) is 0.209. The third kappa shape index (κ3) is 8.20. The number of pyridine rings is 1. The van der Waals surface area contributed by atoms with Crippen molar-refractivity contribution < 1.29 is 22.7 Å². The lowest BCUT2D eigenvalue weighted by molar-refractivity contribution is 0.0206. The molecule has 1 saturated heterocycles. The van der Waals surface area contributed by atoms with E-state index < -0.39 is 15.6 Å². The van der Waals surface area contributed by atoms with Crippen LogP contribution in [0.5, 0.6) is 11.6 Å². The fraction of sp³-hybridized carbons (Fsp3) is 0.312. The lowest BCUT2D eigenvalue weighted by atomic mass is 10.1. The molecule has 5 rings (SSSR count). The number of amides is 1. The third-order valence-corrected chi connectivity index (χ3v) is 8.60. The van der Waals surface area contributed by atoms with Gasteiger partial charge in [0, 0.05) is 37.6 Å². The lowest BCUT2D eigenvalue weighted by Crippen LogP contribution is -2.47. The number of nitrogens with zero attached hydrogens (tertiary/aromatic N) is 4. The lowest BCUT2D eigenvalue weighted by Gasteiger charge is -2.34. The maximum Gasteiger partial charge on any atom is 0.410 e. The first kappa shape index (κ1) is 32.0. The van der Waals surface area contributed by atoms with E-state index in [9.17, 15) is 13.2 Å². The van der Waals surface area contributed by atoms with E-state index in [0.29, 0.717) is 41.6 Å². The minimum Gasteiger partial charge on any atom is -0.444 e. The highest BCUT2D eigenvalue weighted by Crippen LogP contribution is 2.34. The molecule has 11 nitrogen and oxygen atoms in total. The van der Waals surface area contributed by atoms with Crippen molar-refractivity contribution in [1.82, 2.24) is 19.9 Å². The molecule has 1 fully saturated rings. The highest BCUT2D eigenvalue weighted by atomic mass is 35.5. The molecule has 13 heteroatoms. The Labute approximate surface area is 268 Å². The largest absolute Gasteiger partial charge is 0.444 e. The molecule has 2 aromatic carbocycles. The summed E-state index contributed by atoms with van der Waals surface area (Å²) >= 11 is 6.17. The van der Waals surface area contributed by atoms with Crippen molar-refractivity contribution >= 4 is 39.4 Å². The van der Waals surface area contributed by atoms with Crippen molar-refractivity contribution in [2.45, 2.75) is 57.1 Å². The molecule has 4 aromatic rings. The van der Waals surface area contributed by atoms with Gasteiger partial charge in [-0.15, -0.1) is 0 Å². The van der Waals surface area contributed by atoms with Gasteiger partial charge in [-0.25, -0.2) is 28.2 Å². The summed E-state index contributed by atoms with van der Waals surface area (Å²) in [5.74, 6) is 0.953. The van der Waals surface area contributed by atoms with E-state index in [4.69, 9.17) is 26.1 Å². The van der Waals surface area contributed by atoms with Gasteiger partial charge in [0.25, 0.3) is 10.0 Å². The van der Waals surface area contributed by atoms with Gasteiger partial charge < -0.3 is 19.7 Å². The summed E-state index contributed by atoms with van der Waals surface area (Å²) in [5.41, 5.74) is 1.55. The van der Waals surface area contributed by atoms with Crippen molar-refractivity contribution in [2.75, 3.05) is 23.1 Å². The molecule has 0 radical (unpaired) electrons. The molecule has 45 heavy (non-hydrogen) atoms. The first-order valence-electron chi connectivity index (χ1n) is 14.5. The number of benzene rings is 2. The number of likely N-dealkylation sites (tertiary alicyclic amines) is 1. The maximum absolute atomic E-state index is 13.2. The van der Waals surface area contributed by atoms with E-state index in [2.05, 4.69) is 20.0 Å². The summed E-state index contributed by atoms with van der Waals surface area (Å²) < 4.78 is 40.6. The van der Waals surface area contributed by atoms with Crippen LogP contribution < -0.4 is 14.8 Å². The van der Waals surface area contributed by atoms with Gasteiger partial charge in [0.1, 0.15) is 11.4 Å². The smallest absolute Gasteiger partial charge is 0.410 e. The zero-order valence-corrected chi connectivity index (χ0v) is 27.0. The first-order valence-corrected chi connectivity index (χ1v) is 16.3. The number of ether oxygens (including phenoxy) is 2. The number of halogens is 1. The summed E-state index contributed by atoms with van der Waals surface area (Å²) in [4.78, 5) is 27.8. The Morgan fingerprint density at radius 2 is 1.84 bits per heavy atom. The van der Waals surface area contributed by atoms with Crippen LogP contribution in [0.3, 0.4) is 0 Å². The van der Waals surface area contributed by atoms with Crippen LogP contribution in [0.1, 0.15) is 39.2 Å². The number of rotatable bonds is 8. The molecule has 2 N–H and O–H groups in total. The van der Waals surface area contributed by atoms with Crippen LogP contribution >= 0.6 is 11.6 Å². The molecule has 3 heterocycles. The number of sulfonamides is 1. The predicted molar refractivity (Wildman–Crippen MR) is 173 cm³/mol. The summed E-state index contributed by atoms with van der Waals surface area (Å²) in [6, 6.07) is 16.5. The maximum atomic E-state index is 13.2. The minimum absolute atomic E-state index is 0.00179. The zero-order valence-electron chi connectivity index (χ0n) is 25.5. The summed E-state index contributed by atoms with van der Waals surface area (Å²) in [6.07, 6.45) is 4.54. The first-order chi connectivity index (χ1) is 21.4. The molecule has 1 atom stereocenters. The number of hydrogen-bond donors (Lipinski definition) is 2. The van der Waals surface area contributed by atoms with Gasteiger partial charge in [-0.3, -0.25) is 4.72 Å². The van der Waals surface area contributed by atoms with Gasteiger partial charge in [0.2, 0.25) is 11.8 Å². The highest BCUT2D eigenvalue weighted by molar-refractivity contribution is 7.92. The van der Waals surface area contributed by atoms with Crippen LogP contribution in [0.4, 0.5) is 16.4 Å². The van der Waals surface area contributed by atoms with Crippen LogP contribution in [0.15, 0.2) is 78.0 Å². The van der Waals surface area contributed by atoms with Crippen LogP contribution in [0, 0.1) is 6.92 Å². The number of aromatic nitrogens is 3. The molecule has 0 bridgehead atoms. The predicted octanol–water partition coefficient (Wildman–Crippen LogP) is 6.90. The van der Waals surface area contributed by atoms with Crippen molar-refractivity contribution in [3.05, 3.63) is 83.6 Å². The van der Waals surface area contributed by atoms with Crippen LogP contribution in [0.25, 0.3) is 11.3 Å². The van der Waals surface area contributed by atoms with Gasteiger partial charge >= 0.3 is 6.09 Å². The normalized spacial score (nSPS) is 15.3. The van der Waals surface area contributed by atoms with Crippen LogP contribution in [-0.4, -0.2) is 59.1 Å². The SMILES string of the molecule is Cc1ccc(S(=O)(=O)Nc2ccccc2Cl)cc1Oc1ncccc1-c1ccnc(N[C@H]2CCCN(C(=O)OC(C)(C)C)C2)n1. The molecular formula is C32H35ClN6O5S. The third-order valence-electron chi connectivity index (χ3n) is 6.90. The number of nitrogens with one attached hydrogen (secondary N) is 2. The molecule has 0 spiro atoms. The number of carbonyl (C=O) groups excluding carboxylic acids is 1. The standard InChI is InChI=1S/C32H35ClN6O5S/c1-21-13-14-23(45(41,42)38-27-12-6-5-11-25(27)33)19-28(21)43-29-24(10-7-16-34-29)26-15-17-35-30(37-26)36-22-9-8-18-39(20-22)31(40)44-32(2,3)4/h5-7,10-17,19,22,38H,8-9,18,20H2,1-4H3,(H,35,36,37)/t22-/m0/s1. The Morgan fingerprint density at radius 1 is 1.04 bits per heavy atom. The van der Waals surface area contributed by atoms with Gasteiger partial charge in [-0.05, 0) is 82.5 Å². The van der Waals surface area contributed by atoms with E-state index in [0.717, 1.165) is 12.8 Å². The van der Waals surface area contributed by atoms with Gasteiger partial charge in [-0.2, -0.15) is 0 Å². The molecule has 1 amide bonds. The minimum atomic E-state index is -3.96. The average Bonchev–Trinajstić information content (AvgIpc) is 2.99. The van der Waals surface area contributed by atoms with Crippen molar-refractivity contribution in [3.8, 4) is 22.9 Å². The Balaban J connectivity index is 1.34. The second-order valence-electron chi connectivity index (χ2n) is 11.6. The Bertz CT molecular complexity index is 1800. The topological polar surface area (TPSA) is 136 Å². The number of aryl methyl sites for hydroxylation is 1. The number of piperidine rings is 1. The molecule has 236 valence electrons. The average molecular weight is 651 g/mol. The van der Waals surface area contributed by atoms with E-state index in [1.165, 1.54) is 12.1 Å². The van der Waals surface area contributed by atoms with Crippen molar-refractivity contribution in [1.29, 1.82) is 0 Å². The van der Waals surface area contributed by atoms with E-state index in [1.807, 2.05) is 33.8 Å². The Kier molecular flexibility index (Phi) is 9.45. The van der Waals surface area contributed by atoms with Crippen molar-refractivity contribution in [2.24, 2.45) is 0 Å². The molecule has 1 aliphatic heterocycles. The van der Waals surface area contributed by atoms with Crippen LogP contribution in [-0.2, 0) is 14.8 Å². The fourth-order valence-electron chi connectivity index (χ4n) is 4.72. The molecule has 0 unspecified atom stereocenters. The number of hydrogen-bond acceptors (Lipinski definition) is 9. The second kappa shape index (κ2) is 13.3. The van der Waals surface area contributed by atoms with Crippen LogP contribution in [0.2, 0.25) is 5.02 Å². The molecule has 0 saturated carbocycles. The zero-order chi connectivity index (χ0) is 32.2. The number of carbonyl (C=O) groups is 1. The Hall–Kier alpha value is -4.42.